The molecule has 2 aromatic carbocycles. The topological polar surface area (TPSA) is 93.9 Å². The van der Waals surface area contributed by atoms with Gasteiger partial charge in [-0.05, 0) is 56.0 Å². The molecule has 3 aromatic rings. The molecule has 0 saturated carbocycles. The van der Waals surface area contributed by atoms with Crippen molar-refractivity contribution in [1.29, 1.82) is 0 Å². The van der Waals surface area contributed by atoms with Crippen LogP contribution in [-0.2, 0) is 14.3 Å². The van der Waals surface area contributed by atoms with Crippen LogP contribution in [-0.4, -0.2) is 46.3 Å². The average molecular weight is 466 g/mol. The fourth-order valence-corrected chi connectivity index (χ4v) is 4.43. The van der Waals surface area contributed by atoms with Gasteiger partial charge in [-0.2, -0.15) is 0 Å². The zero-order valence-corrected chi connectivity index (χ0v) is 20.0. The largest absolute Gasteiger partial charge is 0.504 e. The second kappa shape index (κ2) is 9.75. The summed E-state index contributed by atoms with van der Waals surface area (Å²) in [7, 11) is 0. The number of esters is 1. The number of carbonyl (C=O) groups is 2. The monoisotopic (exact) mass is 465 g/mol. The van der Waals surface area contributed by atoms with Crippen molar-refractivity contribution in [3.8, 4) is 11.5 Å². The Morgan fingerprint density at radius 1 is 1.15 bits per heavy atom. The Balaban J connectivity index is 1.96. The van der Waals surface area contributed by atoms with Crippen LogP contribution in [0.25, 0.3) is 11.0 Å². The van der Waals surface area contributed by atoms with E-state index >= 15 is 0 Å². The first-order valence-electron chi connectivity index (χ1n) is 11.8. The normalized spacial score (nSPS) is 17.8. The van der Waals surface area contributed by atoms with Crippen molar-refractivity contribution in [2.45, 2.75) is 40.2 Å². The molecule has 1 aliphatic heterocycles. The summed E-state index contributed by atoms with van der Waals surface area (Å²) in [6, 6.07) is 11.8. The minimum Gasteiger partial charge on any atom is -0.504 e. The number of ether oxygens (including phenoxy) is 2. The number of hydrogen-bond donors (Lipinski definition) is 1. The molecular weight excluding hydrogens is 434 g/mol. The van der Waals surface area contributed by atoms with Gasteiger partial charge in [0.25, 0.3) is 0 Å². The SMILES string of the molecule is CCOC(=O)[C@H]1C(=O)N(CCC(C)C)c2nc3ccccc3n2[C@@H]1c1ccc(O)c(OCC)c1. The molecule has 1 amide bonds. The minimum absolute atomic E-state index is 0.00491. The van der Waals surface area contributed by atoms with Gasteiger partial charge in [-0.25, -0.2) is 4.98 Å². The van der Waals surface area contributed by atoms with Gasteiger partial charge in [-0.3, -0.25) is 14.5 Å². The minimum atomic E-state index is -1.10. The van der Waals surface area contributed by atoms with Gasteiger partial charge in [0.2, 0.25) is 11.9 Å². The van der Waals surface area contributed by atoms with Crippen LogP contribution in [0.5, 0.6) is 11.5 Å². The third-order valence-electron chi connectivity index (χ3n) is 6.04. The summed E-state index contributed by atoms with van der Waals surface area (Å²) in [5.74, 6) is -0.854. The van der Waals surface area contributed by atoms with Crippen molar-refractivity contribution >= 4 is 28.9 Å². The number of phenolic OH excluding ortho intramolecular Hbond substituents is 1. The first-order chi connectivity index (χ1) is 16.4. The van der Waals surface area contributed by atoms with Crippen LogP contribution in [0.4, 0.5) is 5.95 Å². The van der Waals surface area contributed by atoms with E-state index in [1.165, 1.54) is 6.07 Å². The number of para-hydroxylation sites is 2. The first kappa shape index (κ1) is 23.6. The van der Waals surface area contributed by atoms with Gasteiger partial charge in [0.15, 0.2) is 17.4 Å². The molecule has 8 heteroatoms. The fourth-order valence-electron chi connectivity index (χ4n) is 4.43. The van der Waals surface area contributed by atoms with Crippen LogP contribution >= 0.6 is 0 Å². The highest BCUT2D eigenvalue weighted by Crippen LogP contribution is 2.43. The second-order valence-corrected chi connectivity index (χ2v) is 8.78. The van der Waals surface area contributed by atoms with Crippen LogP contribution in [0.2, 0.25) is 0 Å². The van der Waals surface area contributed by atoms with Crippen molar-refractivity contribution in [1.82, 2.24) is 9.55 Å². The molecule has 8 nitrogen and oxygen atoms in total. The summed E-state index contributed by atoms with van der Waals surface area (Å²) >= 11 is 0. The number of aromatic nitrogens is 2. The summed E-state index contributed by atoms with van der Waals surface area (Å²) in [6.45, 7) is 8.71. The standard InChI is InChI=1S/C26H31N3O5/c1-5-33-21-15-17(11-12-20(21)30)23-22(25(32)34-6-2)24(31)28(14-13-16(3)4)26-27-18-9-7-8-10-19(18)29(23)26/h7-12,15-16,22-23,30H,5-6,13-14H2,1-4H3/t22-,23-/m1/s1. The number of amides is 1. The molecule has 0 bridgehead atoms. The van der Waals surface area contributed by atoms with Crippen molar-refractivity contribution in [3.05, 3.63) is 48.0 Å². The van der Waals surface area contributed by atoms with Crippen LogP contribution in [0, 0.1) is 11.8 Å². The number of rotatable bonds is 8. The summed E-state index contributed by atoms with van der Waals surface area (Å²) in [4.78, 5) is 33.5. The molecule has 0 fully saturated rings. The Labute approximate surface area is 199 Å². The van der Waals surface area contributed by atoms with E-state index in [4.69, 9.17) is 14.5 Å². The number of anilines is 1. The number of fused-ring (bicyclic) bond motifs is 3. The predicted molar refractivity (Wildman–Crippen MR) is 129 cm³/mol. The van der Waals surface area contributed by atoms with Crippen LogP contribution in [0.1, 0.15) is 45.7 Å². The van der Waals surface area contributed by atoms with E-state index in [2.05, 4.69) is 13.8 Å². The number of phenols is 1. The Morgan fingerprint density at radius 3 is 2.62 bits per heavy atom. The summed E-state index contributed by atoms with van der Waals surface area (Å²) < 4.78 is 12.9. The highest BCUT2D eigenvalue weighted by atomic mass is 16.5. The smallest absolute Gasteiger partial charge is 0.321 e. The van der Waals surface area contributed by atoms with Gasteiger partial charge < -0.3 is 19.1 Å². The van der Waals surface area contributed by atoms with Crippen molar-refractivity contribution in [3.63, 3.8) is 0 Å². The highest BCUT2D eigenvalue weighted by molar-refractivity contribution is 6.08. The van der Waals surface area contributed by atoms with Gasteiger partial charge >= 0.3 is 5.97 Å². The molecule has 1 aliphatic rings. The lowest BCUT2D eigenvalue weighted by molar-refractivity contribution is -0.153. The third kappa shape index (κ3) is 4.20. The molecule has 1 N–H and O–H groups in total. The Kier molecular flexibility index (Phi) is 6.77. The average Bonchev–Trinajstić information content (AvgIpc) is 3.18. The number of imidazole rings is 1. The molecule has 2 heterocycles. The first-order valence-corrected chi connectivity index (χ1v) is 11.8. The van der Waals surface area contributed by atoms with Crippen LogP contribution in [0.15, 0.2) is 42.5 Å². The maximum atomic E-state index is 13.8. The quantitative estimate of drug-likeness (QED) is 0.394. The van der Waals surface area contributed by atoms with Crippen molar-refractivity contribution in [2.24, 2.45) is 11.8 Å². The molecule has 2 atom stereocenters. The van der Waals surface area contributed by atoms with Gasteiger partial charge in [-0.1, -0.05) is 32.0 Å². The summed E-state index contributed by atoms with van der Waals surface area (Å²) in [6.07, 6.45) is 0.767. The van der Waals surface area contributed by atoms with Gasteiger partial charge in [0.05, 0.1) is 30.3 Å². The molecule has 4 rings (SSSR count). The van der Waals surface area contributed by atoms with E-state index in [1.54, 1.807) is 24.0 Å². The molecule has 0 aliphatic carbocycles. The maximum Gasteiger partial charge on any atom is 0.321 e. The molecule has 0 saturated heterocycles. The van der Waals surface area contributed by atoms with E-state index in [0.717, 1.165) is 17.5 Å². The molecule has 0 unspecified atom stereocenters. The van der Waals surface area contributed by atoms with Gasteiger partial charge in [-0.15, -0.1) is 0 Å². The Morgan fingerprint density at radius 2 is 1.91 bits per heavy atom. The molecule has 0 spiro atoms. The third-order valence-corrected chi connectivity index (χ3v) is 6.04. The molecular formula is C26H31N3O5. The molecule has 180 valence electrons. The van der Waals surface area contributed by atoms with Crippen LogP contribution < -0.4 is 9.64 Å². The van der Waals surface area contributed by atoms with E-state index in [1.807, 2.05) is 35.8 Å². The molecule has 1 aromatic heterocycles. The Bertz CT molecular complexity index is 1200. The second-order valence-electron chi connectivity index (χ2n) is 8.78. The summed E-state index contributed by atoms with van der Waals surface area (Å²) in [5.41, 5.74) is 2.20. The number of hydrogen-bond acceptors (Lipinski definition) is 6. The Hall–Kier alpha value is -3.55. The zero-order valence-electron chi connectivity index (χ0n) is 20.0. The highest BCUT2D eigenvalue weighted by Gasteiger charge is 2.47. The van der Waals surface area contributed by atoms with E-state index in [9.17, 15) is 14.7 Å². The zero-order chi connectivity index (χ0) is 24.4. The van der Waals surface area contributed by atoms with Crippen molar-refractivity contribution < 1.29 is 24.2 Å². The lowest BCUT2D eigenvalue weighted by Crippen LogP contribution is -2.50. The van der Waals surface area contributed by atoms with E-state index in [-0.39, 0.29) is 18.3 Å². The maximum absolute atomic E-state index is 13.8. The lowest BCUT2D eigenvalue weighted by atomic mass is 9.89. The fraction of sp³-hybridized carbons (Fsp3) is 0.423. The number of benzene rings is 2. The van der Waals surface area contributed by atoms with Gasteiger partial charge in [0, 0.05) is 6.54 Å². The van der Waals surface area contributed by atoms with E-state index < -0.39 is 17.9 Å². The van der Waals surface area contributed by atoms with Crippen molar-refractivity contribution in [2.75, 3.05) is 24.7 Å². The molecule has 0 radical (unpaired) electrons. The van der Waals surface area contributed by atoms with Gasteiger partial charge in [0.1, 0.15) is 0 Å². The lowest BCUT2D eigenvalue weighted by Gasteiger charge is -2.38. The van der Waals surface area contributed by atoms with Crippen LogP contribution in [0.3, 0.4) is 0 Å². The van der Waals surface area contributed by atoms with E-state index in [0.29, 0.717) is 36.3 Å². The molecule has 34 heavy (non-hydrogen) atoms. The number of nitrogens with zero attached hydrogens (tertiary/aromatic N) is 3. The number of carbonyl (C=O) groups excluding carboxylic acids is 2. The number of aromatic hydroxyl groups is 1. The summed E-state index contributed by atoms with van der Waals surface area (Å²) in [5, 5.41) is 10.3. The predicted octanol–water partition coefficient (Wildman–Crippen LogP) is 4.30.